The first-order valence-corrected chi connectivity index (χ1v) is 12.2. The summed E-state index contributed by atoms with van der Waals surface area (Å²) in [5.41, 5.74) is -2.61. The molecule has 10 heteroatoms. The molecule has 4 heterocycles. The van der Waals surface area contributed by atoms with Crippen molar-refractivity contribution in [2.24, 2.45) is 17.3 Å². The first-order valence-electron chi connectivity index (χ1n) is 12.2. The Bertz CT molecular complexity index is 1020. The molecule has 186 valence electrons. The van der Waals surface area contributed by atoms with Crippen molar-refractivity contribution >= 4 is 17.9 Å². The van der Waals surface area contributed by atoms with E-state index in [2.05, 4.69) is 5.32 Å². The van der Waals surface area contributed by atoms with E-state index < -0.39 is 46.6 Å². The van der Waals surface area contributed by atoms with Gasteiger partial charge >= 0.3 is 17.9 Å². The molecule has 0 aromatic rings. The molecule has 34 heavy (non-hydrogen) atoms. The van der Waals surface area contributed by atoms with Crippen LogP contribution in [0.15, 0.2) is 11.1 Å². The molecule has 1 saturated carbocycles. The number of cyclic esters (lactones) is 1. The summed E-state index contributed by atoms with van der Waals surface area (Å²) in [5.74, 6) is -1.91. The first kappa shape index (κ1) is 22.5. The van der Waals surface area contributed by atoms with Crippen LogP contribution < -0.4 is 5.32 Å². The fraction of sp³-hybridized carbons (Fsp3) is 0.792. The Morgan fingerprint density at radius 2 is 2.03 bits per heavy atom. The Balaban J connectivity index is 1.36. The van der Waals surface area contributed by atoms with Crippen LogP contribution >= 0.6 is 0 Å². The van der Waals surface area contributed by atoms with Crippen molar-refractivity contribution < 1.29 is 43.5 Å². The fourth-order valence-corrected chi connectivity index (χ4v) is 7.43. The second-order valence-corrected chi connectivity index (χ2v) is 11.2. The van der Waals surface area contributed by atoms with E-state index in [1.165, 1.54) is 0 Å². The maximum Gasteiger partial charge on any atom is 0.334 e. The molecule has 0 bridgehead atoms. The van der Waals surface area contributed by atoms with Crippen LogP contribution in [0.3, 0.4) is 0 Å². The number of carboxylic acid groups (broad SMARTS) is 1. The van der Waals surface area contributed by atoms with Gasteiger partial charge in [-0.15, -0.1) is 0 Å². The molecule has 0 aromatic carbocycles. The highest BCUT2D eigenvalue weighted by Crippen LogP contribution is 2.73. The molecule has 4 fully saturated rings. The van der Waals surface area contributed by atoms with Crippen molar-refractivity contribution in [1.29, 1.82) is 0 Å². The molecule has 3 N–H and O–H groups in total. The van der Waals surface area contributed by atoms with Crippen LogP contribution in [0.25, 0.3) is 0 Å². The number of hydrogen-bond acceptors (Lipinski definition) is 9. The second-order valence-electron chi connectivity index (χ2n) is 11.2. The lowest BCUT2D eigenvalue weighted by Crippen LogP contribution is -2.80. The minimum Gasteiger partial charge on any atom is -0.481 e. The minimum atomic E-state index is -1.55. The van der Waals surface area contributed by atoms with Crippen molar-refractivity contribution in [3.8, 4) is 0 Å². The zero-order chi connectivity index (χ0) is 24.3. The largest absolute Gasteiger partial charge is 0.481 e. The highest BCUT2D eigenvalue weighted by molar-refractivity contribution is 5.92. The van der Waals surface area contributed by atoms with Gasteiger partial charge in [-0.05, 0) is 43.1 Å². The Labute approximate surface area is 196 Å². The number of carbonyl (C=O) groups excluding carboxylic acids is 2. The maximum atomic E-state index is 12.8. The quantitative estimate of drug-likeness (QED) is 0.374. The van der Waals surface area contributed by atoms with Crippen LogP contribution in [0, 0.1) is 17.3 Å². The van der Waals surface area contributed by atoms with E-state index in [1.807, 2.05) is 20.8 Å². The van der Waals surface area contributed by atoms with E-state index in [9.17, 15) is 19.5 Å². The van der Waals surface area contributed by atoms with E-state index in [0.717, 1.165) is 11.1 Å². The smallest absolute Gasteiger partial charge is 0.334 e. The summed E-state index contributed by atoms with van der Waals surface area (Å²) in [5, 5.41) is 24.7. The highest BCUT2D eigenvalue weighted by Gasteiger charge is 2.92. The zero-order valence-electron chi connectivity index (χ0n) is 19.6. The van der Waals surface area contributed by atoms with Gasteiger partial charge in [0.1, 0.15) is 12.8 Å². The van der Waals surface area contributed by atoms with Crippen molar-refractivity contribution in [2.45, 2.75) is 94.7 Å². The third-order valence-electron chi connectivity index (χ3n) is 9.41. The van der Waals surface area contributed by atoms with Crippen LogP contribution in [-0.2, 0) is 33.3 Å². The van der Waals surface area contributed by atoms with Gasteiger partial charge in [0, 0.05) is 23.8 Å². The third-order valence-corrected chi connectivity index (χ3v) is 9.41. The number of fused-ring (bicyclic) bond motifs is 4. The van der Waals surface area contributed by atoms with E-state index in [4.69, 9.17) is 24.1 Å². The number of piperidine rings is 1. The summed E-state index contributed by atoms with van der Waals surface area (Å²) in [7, 11) is 0. The van der Waals surface area contributed by atoms with E-state index in [1.54, 1.807) is 0 Å². The lowest BCUT2D eigenvalue weighted by atomic mass is 9.49. The van der Waals surface area contributed by atoms with Gasteiger partial charge in [0.25, 0.3) is 0 Å². The Hall–Kier alpha value is -2.01. The standard InChI is InChI=1S/C24H31NO9/c1-11(2)22-19(32-17(28)6-4-5-16(26)27)23-15(33-23)9-14-13-10-31-18(29)12(13)7-8-21(14,3)24(23,30)25-20(22)34-22/h11,14-15,19-20,25,30H,4-10H2,1-3H3,(H,26,27)/t14-,15-,19+,20+,21-,22+,23+,24+/m0/s1. The van der Waals surface area contributed by atoms with Crippen molar-refractivity contribution in [2.75, 3.05) is 6.61 Å². The molecule has 6 rings (SSSR count). The molecule has 10 nitrogen and oxygen atoms in total. The lowest BCUT2D eigenvalue weighted by molar-refractivity contribution is -0.236. The number of esters is 2. The molecule has 0 unspecified atom stereocenters. The average Bonchev–Trinajstić information content (AvgIpc) is 3.63. The number of rotatable bonds is 6. The summed E-state index contributed by atoms with van der Waals surface area (Å²) in [6.45, 7) is 6.21. The molecule has 6 aliphatic rings. The van der Waals surface area contributed by atoms with E-state index >= 15 is 0 Å². The molecule has 3 saturated heterocycles. The Kier molecular flexibility index (Phi) is 4.50. The average molecular weight is 478 g/mol. The molecule has 2 aliphatic carbocycles. The van der Waals surface area contributed by atoms with Crippen LogP contribution in [0.4, 0.5) is 0 Å². The van der Waals surface area contributed by atoms with Crippen LogP contribution in [0.1, 0.15) is 59.3 Å². The number of epoxide rings is 2. The van der Waals surface area contributed by atoms with Gasteiger partial charge in [-0.3, -0.25) is 14.9 Å². The van der Waals surface area contributed by atoms with Crippen LogP contribution in [0.5, 0.6) is 0 Å². The number of carboxylic acids is 1. The molecule has 0 radical (unpaired) electrons. The molecule has 1 spiro atoms. The molecular weight excluding hydrogens is 446 g/mol. The summed E-state index contributed by atoms with van der Waals surface area (Å²) < 4.78 is 23.8. The summed E-state index contributed by atoms with van der Waals surface area (Å²) in [6.07, 6.45) is -0.0912. The molecule has 0 aromatic heterocycles. The number of aliphatic hydroxyl groups is 1. The number of ether oxygens (including phenoxy) is 4. The SMILES string of the molecule is CC(C)[C@]12O[C@H]1N[C@]1(O)[C@]3(O[C@H]3C[C@H]3C4=C(CC[C@@]31C)C(=O)OC4)[C@@H]2OC(=O)CCCC(=O)O. The van der Waals surface area contributed by atoms with Gasteiger partial charge in [-0.2, -0.15) is 0 Å². The normalized spacial score (nSPS) is 47.6. The van der Waals surface area contributed by atoms with Gasteiger partial charge in [-0.25, -0.2) is 4.79 Å². The summed E-state index contributed by atoms with van der Waals surface area (Å²) >= 11 is 0. The number of carbonyl (C=O) groups is 3. The Morgan fingerprint density at radius 1 is 1.26 bits per heavy atom. The zero-order valence-corrected chi connectivity index (χ0v) is 19.6. The van der Waals surface area contributed by atoms with Gasteiger partial charge in [0.2, 0.25) is 0 Å². The predicted molar refractivity (Wildman–Crippen MR) is 113 cm³/mol. The fourth-order valence-electron chi connectivity index (χ4n) is 7.43. The topological polar surface area (TPSA) is 147 Å². The van der Waals surface area contributed by atoms with Crippen molar-refractivity contribution in [3.63, 3.8) is 0 Å². The van der Waals surface area contributed by atoms with Gasteiger partial charge in [0.05, 0.1) is 6.10 Å². The van der Waals surface area contributed by atoms with Crippen LogP contribution in [-0.4, -0.2) is 70.1 Å². The van der Waals surface area contributed by atoms with Gasteiger partial charge < -0.3 is 29.2 Å². The van der Waals surface area contributed by atoms with E-state index in [0.29, 0.717) is 19.3 Å². The van der Waals surface area contributed by atoms with Crippen LogP contribution in [0.2, 0.25) is 0 Å². The number of aliphatic carboxylic acids is 1. The van der Waals surface area contributed by atoms with Gasteiger partial charge in [-0.1, -0.05) is 20.8 Å². The number of hydrogen-bond donors (Lipinski definition) is 3. The van der Waals surface area contributed by atoms with Crippen molar-refractivity contribution in [1.82, 2.24) is 5.32 Å². The van der Waals surface area contributed by atoms with Gasteiger partial charge in [0.15, 0.2) is 23.0 Å². The molecule has 0 amide bonds. The lowest BCUT2D eigenvalue weighted by Gasteiger charge is -2.60. The molecule has 4 aliphatic heterocycles. The third kappa shape index (κ3) is 2.52. The number of nitrogens with one attached hydrogen (secondary N) is 1. The monoisotopic (exact) mass is 477 g/mol. The predicted octanol–water partition coefficient (Wildman–Crippen LogP) is 1.01. The van der Waals surface area contributed by atoms with E-state index in [-0.39, 0.29) is 49.8 Å². The Morgan fingerprint density at radius 3 is 2.74 bits per heavy atom. The van der Waals surface area contributed by atoms with Crippen molar-refractivity contribution in [3.05, 3.63) is 11.1 Å². The highest BCUT2D eigenvalue weighted by atomic mass is 16.7. The summed E-state index contributed by atoms with van der Waals surface area (Å²) in [6, 6.07) is 0. The summed E-state index contributed by atoms with van der Waals surface area (Å²) in [4.78, 5) is 35.9. The molecular formula is C24H31NO9. The first-order chi connectivity index (χ1) is 16.0. The second kappa shape index (κ2) is 6.81. The molecule has 8 atom stereocenters. The maximum absolute atomic E-state index is 12.8. The minimum absolute atomic E-state index is 0.0300.